The summed E-state index contributed by atoms with van der Waals surface area (Å²) in [6, 6.07) is 6.62. The fraction of sp³-hybridized carbons (Fsp3) is 0.400. The molecule has 0 aliphatic rings. The summed E-state index contributed by atoms with van der Waals surface area (Å²) >= 11 is 0. The van der Waals surface area contributed by atoms with Crippen LogP contribution in [0.5, 0.6) is 5.75 Å². The molecule has 21 heavy (non-hydrogen) atoms. The maximum atomic E-state index is 11.5. The summed E-state index contributed by atoms with van der Waals surface area (Å²) in [5, 5.41) is 2.43. The van der Waals surface area contributed by atoms with E-state index in [0.29, 0.717) is 18.6 Å². The van der Waals surface area contributed by atoms with Gasteiger partial charge in [-0.3, -0.25) is 9.59 Å². The quantitative estimate of drug-likeness (QED) is 0.609. The molecule has 0 bridgehead atoms. The van der Waals surface area contributed by atoms with Crippen LogP contribution >= 0.6 is 0 Å². The van der Waals surface area contributed by atoms with E-state index in [0.717, 1.165) is 5.56 Å². The third-order valence-electron chi connectivity index (χ3n) is 2.59. The van der Waals surface area contributed by atoms with Crippen LogP contribution in [0.2, 0.25) is 0 Å². The molecule has 1 N–H and O–H groups in total. The number of hydrogen-bond donors (Lipinski definition) is 1. The van der Waals surface area contributed by atoms with Crippen molar-refractivity contribution >= 4 is 17.8 Å². The zero-order valence-corrected chi connectivity index (χ0v) is 12.2. The second kappa shape index (κ2) is 8.73. The van der Waals surface area contributed by atoms with E-state index < -0.39 is 5.97 Å². The van der Waals surface area contributed by atoms with Gasteiger partial charge in [0.1, 0.15) is 18.9 Å². The number of amides is 1. The molecule has 0 aromatic heterocycles. The first kappa shape index (κ1) is 16.7. The van der Waals surface area contributed by atoms with E-state index in [1.54, 1.807) is 38.1 Å². The minimum absolute atomic E-state index is 0.164. The standard InChI is InChI=1S/C15H19NO5/c1-3-13(17)16-9-15(19)21-12-7-5-11(6-8-12)10-20-14(18)4-2/h5-8H,3-4,9-10H2,1-2H3,(H,16,17). The predicted octanol–water partition coefficient (Wildman–Crippen LogP) is 1.57. The number of hydrogen-bond acceptors (Lipinski definition) is 5. The number of nitrogens with one attached hydrogen (secondary N) is 1. The molecule has 0 unspecified atom stereocenters. The van der Waals surface area contributed by atoms with Crippen LogP contribution in [0, 0.1) is 0 Å². The third-order valence-corrected chi connectivity index (χ3v) is 2.59. The molecule has 0 fully saturated rings. The molecule has 114 valence electrons. The van der Waals surface area contributed by atoms with Crippen molar-refractivity contribution in [1.82, 2.24) is 5.32 Å². The van der Waals surface area contributed by atoms with Crippen molar-refractivity contribution in [1.29, 1.82) is 0 Å². The van der Waals surface area contributed by atoms with Crippen LogP contribution in [0.3, 0.4) is 0 Å². The monoisotopic (exact) mass is 293 g/mol. The van der Waals surface area contributed by atoms with Gasteiger partial charge in [-0.25, -0.2) is 4.79 Å². The van der Waals surface area contributed by atoms with E-state index in [-0.39, 0.29) is 25.0 Å². The molecule has 6 nitrogen and oxygen atoms in total. The maximum absolute atomic E-state index is 11.5. The lowest BCUT2D eigenvalue weighted by Gasteiger charge is -2.07. The van der Waals surface area contributed by atoms with Gasteiger partial charge in [0, 0.05) is 12.8 Å². The summed E-state index contributed by atoms with van der Waals surface area (Å²) in [6.45, 7) is 3.45. The van der Waals surface area contributed by atoms with E-state index in [1.165, 1.54) is 0 Å². The molecule has 0 radical (unpaired) electrons. The van der Waals surface area contributed by atoms with Gasteiger partial charge in [-0.05, 0) is 17.7 Å². The zero-order chi connectivity index (χ0) is 15.7. The fourth-order valence-corrected chi connectivity index (χ4v) is 1.38. The lowest BCUT2D eigenvalue weighted by molar-refractivity contribution is -0.144. The number of benzene rings is 1. The number of esters is 2. The Morgan fingerprint density at radius 2 is 1.67 bits per heavy atom. The van der Waals surface area contributed by atoms with Crippen molar-refractivity contribution in [2.75, 3.05) is 6.54 Å². The highest BCUT2D eigenvalue weighted by molar-refractivity contribution is 5.82. The number of carbonyl (C=O) groups is 3. The highest BCUT2D eigenvalue weighted by Crippen LogP contribution is 2.13. The van der Waals surface area contributed by atoms with Crippen molar-refractivity contribution in [2.45, 2.75) is 33.3 Å². The molecular formula is C15H19NO5. The van der Waals surface area contributed by atoms with Gasteiger partial charge in [0.15, 0.2) is 0 Å². The molecule has 0 aliphatic carbocycles. The van der Waals surface area contributed by atoms with E-state index in [2.05, 4.69) is 5.32 Å². The maximum Gasteiger partial charge on any atom is 0.330 e. The van der Waals surface area contributed by atoms with Crippen molar-refractivity contribution in [3.05, 3.63) is 29.8 Å². The van der Waals surface area contributed by atoms with Crippen molar-refractivity contribution < 1.29 is 23.9 Å². The number of carbonyl (C=O) groups excluding carboxylic acids is 3. The minimum atomic E-state index is -0.540. The van der Waals surface area contributed by atoms with Crippen molar-refractivity contribution in [3.63, 3.8) is 0 Å². The molecule has 1 aromatic rings. The molecule has 0 atom stereocenters. The molecule has 0 spiro atoms. The van der Waals surface area contributed by atoms with Crippen LogP contribution in [-0.4, -0.2) is 24.4 Å². The van der Waals surface area contributed by atoms with Crippen LogP contribution in [0.25, 0.3) is 0 Å². The second-order valence-electron chi connectivity index (χ2n) is 4.26. The second-order valence-corrected chi connectivity index (χ2v) is 4.26. The Morgan fingerprint density at radius 3 is 2.24 bits per heavy atom. The van der Waals surface area contributed by atoms with Gasteiger partial charge in [-0.15, -0.1) is 0 Å². The first-order valence-electron chi connectivity index (χ1n) is 6.77. The topological polar surface area (TPSA) is 81.7 Å². The summed E-state index contributed by atoms with van der Waals surface area (Å²) in [5.41, 5.74) is 0.802. The molecule has 1 rings (SSSR count). The van der Waals surface area contributed by atoms with Gasteiger partial charge >= 0.3 is 11.9 Å². The number of rotatable bonds is 7. The van der Waals surface area contributed by atoms with E-state index in [9.17, 15) is 14.4 Å². The van der Waals surface area contributed by atoms with Gasteiger partial charge < -0.3 is 14.8 Å². The van der Waals surface area contributed by atoms with Crippen LogP contribution < -0.4 is 10.1 Å². The SMILES string of the molecule is CCC(=O)NCC(=O)Oc1ccc(COC(=O)CC)cc1. The minimum Gasteiger partial charge on any atom is -0.461 e. The largest absolute Gasteiger partial charge is 0.461 e. The van der Waals surface area contributed by atoms with Gasteiger partial charge in [-0.2, -0.15) is 0 Å². The summed E-state index contributed by atoms with van der Waals surface area (Å²) in [4.78, 5) is 33.5. The van der Waals surface area contributed by atoms with Crippen LogP contribution in [-0.2, 0) is 25.7 Å². The Kier molecular flexibility index (Phi) is 6.94. The zero-order valence-electron chi connectivity index (χ0n) is 12.2. The lowest BCUT2D eigenvalue weighted by atomic mass is 10.2. The van der Waals surface area contributed by atoms with Gasteiger partial charge in [0.2, 0.25) is 5.91 Å². The molecule has 0 heterocycles. The Balaban J connectivity index is 2.41. The lowest BCUT2D eigenvalue weighted by Crippen LogP contribution is -2.31. The molecule has 1 aromatic carbocycles. The third kappa shape index (κ3) is 6.56. The first-order valence-corrected chi connectivity index (χ1v) is 6.77. The van der Waals surface area contributed by atoms with Crippen LogP contribution in [0.1, 0.15) is 32.3 Å². The molecule has 1 amide bonds. The van der Waals surface area contributed by atoms with Gasteiger partial charge in [-0.1, -0.05) is 26.0 Å². The summed E-state index contributed by atoms with van der Waals surface area (Å²) in [6.07, 6.45) is 0.650. The van der Waals surface area contributed by atoms with Crippen molar-refractivity contribution in [2.24, 2.45) is 0 Å². The average Bonchev–Trinajstić information content (AvgIpc) is 2.51. The highest BCUT2D eigenvalue weighted by atomic mass is 16.5. The predicted molar refractivity (Wildman–Crippen MR) is 75.5 cm³/mol. The van der Waals surface area contributed by atoms with E-state index >= 15 is 0 Å². The summed E-state index contributed by atoms with van der Waals surface area (Å²) < 4.78 is 10.0. The molecule has 0 saturated carbocycles. The number of ether oxygens (including phenoxy) is 2. The first-order chi connectivity index (χ1) is 10.0. The van der Waals surface area contributed by atoms with E-state index in [1.807, 2.05) is 0 Å². The molecule has 0 aliphatic heterocycles. The molecule has 0 saturated heterocycles. The highest BCUT2D eigenvalue weighted by Gasteiger charge is 2.07. The normalized spacial score (nSPS) is 9.81. The van der Waals surface area contributed by atoms with Crippen LogP contribution in [0.4, 0.5) is 0 Å². The Labute approximate surface area is 123 Å². The van der Waals surface area contributed by atoms with Gasteiger partial charge in [0.05, 0.1) is 0 Å². The average molecular weight is 293 g/mol. The summed E-state index contributed by atoms with van der Waals surface area (Å²) in [7, 11) is 0. The Hall–Kier alpha value is -2.37. The fourth-order valence-electron chi connectivity index (χ4n) is 1.38. The van der Waals surface area contributed by atoms with Gasteiger partial charge in [0.25, 0.3) is 0 Å². The smallest absolute Gasteiger partial charge is 0.330 e. The molecular weight excluding hydrogens is 274 g/mol. The van der Waals surface area contributed by atoms with E-state index in [4.69, 9.17) is 9.47 Å². The Morgan fingerprint density at radius 1 is 1.00 bits per heavy atom. The Bertz CT molecular complexity index is 495. The van der Waals surface area contributed by atoms with Crippen molar-refractivity contribution in [3.8, 4) is 5.75 Å². The van der Waals surface area contributed by atoms with Crippen LogP contribution in [0.15, 0.2) is 24.3 Å². The summed E-state index contributed by atoms with van der Waals surface area (Å²) in [5.74, 6) is -0.643. The molecule has 6 heteroatoms.